The van der Waals surface area contributed by atoms with Gasteiger partial charge in [0.05, 0.1) is 10.3 Å². The fourth-order valence-electron chi connectivity index (χ4n) is 3.40. The van der Waals surface area contributed by atoms with E-state index in [0.717, 1.165) is 5.56 Å². The second-order valence-electron chi connectivity index (χ2n) is 6.65. The van der Waals surface area contributed by atoms with Gasteiger partial charge in [0.25, 0.3) is 11.6 Å². The minimum absolute atomic E-state index is 0.161. The topological polar surface area (TPSA) is 118 Å². The van der Waals surface area contributed by atoms with Gasteiger partial charge in [-0.1, -0.05) is 25.1 Å². The first kappa shape index (κ1) is 19.2. The molecule has 1 aliphatic rings. The number of carbonyl (C=O) groups excluding carboxylic acids is 3. The standard InChI is InChI=1S/C20H19N3O5/c1-2-20(11-10-17(24)22-19(20)26)14-6-8-15(9-7-14)21-18(25)13-4-3-5-16(12-13)23(27)28/h3-9,12H,2,10-11H2,1H3,(H,21,25)(H,22,24,26). The Hall–Kier alpha value is -3.55. The van der Waals surface area contributed by atoms with Crippen LogP contribution in [-0.2, 0) is 15.0 Å². The molecule has 3 amide bonds. The summed E-state index contributed by atoms with van der Waals surface area (Å²) in [6.45, 7) is 1.90. The minimum Gasteiger partial charge on any atom is -0.322 e. The Morgan fingerprint density at radius 3 is 2.54 bits per heavy atom. The maximum Gasteiger partial charge on any atom is 0.270 e. The van der Waals surface area contributed by atoms with Crippen LogP contribution in [0, 0.1) is 10.1 Å². The van der Waals surface area contributed by atoms with E-state index in [9.17, 15) is 24.5 Å². The Morgan fingerprint density at radius 1 is 1.21 bits per heavy atom. The summed E-state index contributed by atoms with van der Waals surface area (Å²) in [7, 11) is 0. The molecule has 8 heteroatoms. The van der Waals surface area contributed by atoms with E-state index in [-0.39, 0.29) is 29.5 Å². The van der Waals surface area contributed by atoms with E-state index in [0.29, 0.717) is 18.5 Å². The summed E-state index contributed by atoms with van der Waals surface area (Å²) in [6.07, 6.45) is 1.27. The van der Waals surface area contributed by atoms with E-state index in [1.807, 2.05) is 6.92 Å². The van der Waals surface area contributed by atoms with Crippen molar-refractivity contribution in [1.82, 2.24) is 5.32 Å². The van der Waals surface area contributed by atoms with Gasteiger partial charge in [-0.25, -0.2) is 0 Å². The SMILES string of the molecule is CCC1(c2ccc(NC(=O)c3cccc([N+](=O)[O-])c3)cc2)CCC(=O)NC1=O. The first-order valence-electron chi connectivity index (χ1n) is 8.86. The summed E-state index contributed by atoms with van der Waals surface area (Å²) in [6, 6.07) is 12.3. The summed E-state index contributed by atoms with van der Waals surface area (Å²) < 4.78 is 0. The highest BCUT2D eigenvalue weighted by molar-refractivity contribution is 6.05. The van der Waals surface area contributed by atoms with Crippen molar-refractivity contribution in [2.45, 2.75) is 31.6 Å². The molecule has 2 aromatic carbocycles. The van der Waals surface area contributed by atoms with Gasteiger partial charge in [-0.2, -0.15) is 0 Å². The van der Waals surface area contributed by atoms with Crippen LogP contribution in [0.25, 0.3) is 0 Å². The Morgan fingerprint density at radius 2 is 1.93 bits per heavy atom. The highest BCUT2D eigenvalue weighted by Gasteiger charge is 2.42. The third-order valence-corrected chi connectivity index (χ3v) is 5.08. The summed E-state index contributed by atoms with van der Waals surface area (Å²) >= 11 is 0. The normalized spacial score (nSPS) is 19.0. The molecule has 0 spiro atoms. The van der Waals surface area contributed by atoms with Crippen LogP contribution >= 0.6 is 0 Å². The van der Waals surface area contributed by atoms with Crippen molar-refractivity contribution in [3.05, 3.63) is 69.8 Å². The smallest absolute Gasteiger partial charge is 0.270 e. The third-order valence-electron chi connectivity index (χ3n) is 5.08. The van der Waals surface area contributed by atoms with Crippen LogP contribution < -0.4 is 10.6 Å². The van der Waals surface area contributed by atoms with Gasteiger partial charge in [0, 0.05) is 29.8 Å². The van der Waals surface area contributed by atoms with Crippen LogP contribution in [0.4, 0.5) is 11.4 Å². The molecule has 2 N–H and O–H groups in total. The molecule has 0 aliphatic carbocycles. The number of nitrogens with one attached hydrogen (secondary N) is 2. The molecule has 3 rings (SSSR count). The monoisotopic (exact) mass is 381 g/mol. The number of piperidine rings is 1. The second kappa shape index (κ2) is 7.59. The average Bonchev–Trinajstić information content (AvgIpc) is 2.69. The molecule has 8 nitrogen and oxygen atoms in total. The zero-order valence-corrected chi connectivity index (χ0v) is 15.2. The van der Waals surface area contributed by atoms with Gasteiger partial charge in [0.15, 0.2) is 0 Å². The number of hydrogen-bond acceptors (Lipinski definition) is 5. The van der Waals surface area contributed by atoms with Gasteiger partial charge in [0.1, 0.15) is 0 Å². The number of amides is 3. The molecular formula is C20H19N3O5. The number of non-ortho nitro benzene ring substituents is 1. The lowest BCUT2D eigenvalue weighted by atomic mass is 9.72. The first-order chi connectivity index (χ1) is 13.4. The van der Waals surface area contributed by atoms with Crippen LogP contribution in [-0.4, -0.2) is 22.6 Å². The number of benzene rings is 2. The average molecular weight is 381 g/mol. The van der Waals surface area contributed by atoms with E-state index < -0.39 is 16.2 Å². The molecule has 1 saturated heterocycles. The van der Waals surface area contributed by atoms with Crippen molar-refractivity contribution < 1.29 is 19.3 Å². The number of rotatable bonds is 5. The van der Waals surface area contributed by atoms with Crippen molar-refractivity contribution in [2.75, 3.05) is 5.32 Å². The molecule has 1 unspecified atom stereocenters. The van der Waals surface area contributed by atoms with Crippen molar-refractivity contribution in [1.29, 1.82) is 0 Å². The van der Waals surface area contributed by atoms with E-state index in [4.69, 9.17) is 0 Å². The zero-order valence-electron chi connectivity index (χ0n) is 15.2. The molecule has 1 aliphatic heterocycles. The van der Waals surface area contributed by atoms with Gasteiger partial charge >= 0.3 is 0 Å². The fraction of sp³-hybridized carbons (Fsp3) is 0.250. The Balaban J connectivity index is 1.78. The van der Waals surface area contributed by atoms with Gasteiger partial charge in [0.2, 0.25) is 11.8 Å². The van der Waals surface area contributed by atoms with Crippen LogP contribution in [0.2, 0.25) is 0 Å². The predicted octanol–water partition coefficient (Wildman–Crippen LogP) is 2.93. The Labute approximate surface area is 161 Å². The Bertz CT molecular complexity index is 955. The molecule has 1 heterocycles. The summed E-state index contributed by atoms with van der Waals surface area (Å²) in [5.74, 6) is -1.04. The van der Waals surface area contributed by atoms with Crippen molar-refractivity contribution in [2.24, 2.45) is 0 Å². The largest absolute Gasteiger partial charge is 0.322 e. The van der Waals surface area contributed by atoms with Gasteiger partial charge in [-0.15, -0.1) is 0 Å². The number of anilines is 1. The van der Waals surface area contributed by atoms with Gasteiger partial charge in [-0.05, 0) is 36.6 Å². The van der Waals surface area contributed by atoms with Gasteiger partial charge < -0.3 is 5.32 Å². The molecule has 0 bridgehead atoms. The highest BCUT2D eigenvalue weighted by atomic mass is 16.6. The first-order valence-corrected chi connectivity index (χ1v) is 8.86. The van der Waals surface area contributed by atoms with Crippen molar-refractivity contribution >= 4 is 29.1 Å². The summed E-state index contributed by atoms with van der Waals surface area (Å²) in [5, 5.41) is 15.9. The molecule has 1 fully saturated rings. The predicted molar refractivity (Wildman–Crippen MR) is 102 cm³/mol. The maximum absolute atomic E-state index is 12.4. The minimum atomic E-state index is -0.767. The maximum atomic E-state index is 12.4. The van der Waals surface area contributed by atoms with Crippen LogP contribution in [0.15, 0.2) is 48.5 Å². The molecular weight excluding hydrogens is 362 g/mol. The molecule has 144 valence electrons. The van der Waals surface area contributed by atoms with Crippen molar-refractivity contribution in [3.8, 4) is 0 Å². The summed E-state index contributed by atoms with van der Waals surface area (Å²) in [4.78, 5) is 46.5. The van der Waals surface area contributed by atoms with Gasteiger partial charge in [-0.3, -0.25) is 29.8 Å². The molecule has 0 saturated carbocycles. The number of nitrogens with zero attached hydrogens (tertiary/aromatic N) is 1. The quantitative estimate of drug-likeness (QED) is 0.469. The molecule has 1 atom stereocenters. The van der Waals surface area contributed by atoms with Crippen LogP contribution in [0.5, 0.6) is 0 Å². The number of carbonyl (C=O) groups is 3. The lowest BCUT2D eigenvalue weighted by Crippen LogP contribution is -2.51. The van der Waals surface area contributed by atoms with E-state index in [1.54, 1.807) is 24.3 Å². The number of hydrogen-bond donors (Lipinski definition) is 2. The molecule has 0 aromatic heterocycles. The second-order valence-corrected chi connectivity index (χ2v) is 6.65. The van der Waals surface area contributed by atoms with E-state index in [1.165, 1.54) is 24.3 Å². The highest BCUT2D eigenvalue weighted by Crippen LogP contribution is 2.36. The summed E-state index contributed by atoms with van der Waals surface area (Å²) in [5.41, 5.74) is 0.516. The molecule has 0 radical (unpaired) electrons. The zero-order chi connectivity index (χ0) is 20.3. The van der Waals surface area contributed by atoms with E-state index in [2.05, 4.69) is 10.6 Å². The number of imide groups is 1. The number of nitro benzene ring substituents is 1. The van der Waals surface area contributed by atoms with Crippen LogP contribution in [0.3, 0.4) is 0 Å². The molecule has 2 aromatic rings. The number of nitro groups is 1. The Kier molecular flexibility index (Phi) is 5.21. The lowest BCUT2D eigenvalue weighted by Gasteiger charge is -2.35. The van der Waals surface area contributed by atoms with Crippen molar-refractivity contribution in [3.63, 3.8) is 0 Å². The fourth-order valence-corrected chi connectivity index (χ4v) is 3.40. The van der Waals surface area contributed by atoms with E-state index >= 15 is 0 Å². The lowest BCUT2D eigenvalue weighted by molar-refractivity contribution is -0.384. The molecule has 28 heavy (non-hydrogen) atoms. The van der Waals surface area contributed by atoms with Crippen LogP contribution in [0.1, 0.15) is 42.1 Å². The third kappa shape index (κ3) is 3.62.